The maximum absolute atomic E-state index is 13.4. The molecular formula is C17H24F4N2O2S. The van der Waals surface area contributed by atoms with Crippen molar-refractivity contribution in [2.45, 2.75) is 80.9 Å². The molecule has 0 spiro atoms. The Kier molecular flexibility index (Phi) is 5.38. The molecule has 1 aromatic rings. The lowest BCUT2D eigenvalue weighted by Gasteiger charge is -2.31. The lowest BCUT2D eigenvalue weighted by atomic mass is 9.85. The van der Waals surface area contributed by atoms with E-state index in [2.05, 4.69) is 5.10 Å². The molecule has 1 aromatic heterocycles. The number of alkyl halides is 4. The highest BCUT2D eigenvalue weighted by Gasteiger charge is 2.38. The van der Waals surface area contributed by atoms with Crippen LogP contribution < -0.4 is 0 Å². The quantitative estimate of drug-likeness (QED) is 0.711. The molecule has 4 nitrogen and oxygen atoms in total. The van der Waals surface area contributed by atoms with Gasteiger partial charge < -0.3 is 0 Å². The van der Waals surface area contributed by atoms with Crippen LogP contribution >= 0.6 is 0 Å². The molecule has 1 heterocycles. The van der Waals surface area contributed by atoms with E-state index in [1.807, 2.05) is 0 Å². The van der Waals surface area contributed by atoms with Crippen molar-refractivity contribution in [2.24, 2.45) is 0 Å². The van der Waals surface area contributed by atoms with Gasteiger partial charge in [-0.15, -0.1) is 0 Å². The van der Waals surface area contributed by atoms with Crippen molar-refractivity contribution >= 4 is 9.84 Å². The molecule has 9 heteroatoms. The summed E-state index contributed by atoms with van der Waals surface area (Å²) in [5, 5.41) is 3.41. The van der Waals surface area contributed by atoms with Crippen molar-refractivity contribution in [2.75, 3.05) is 6.26 Å². The molecule has 26 heavy (non-hydrogen) atoms. The number of halogens is 4. The van der Waals surface area contributed by atoms with E-state index >= 15 is 0 Å². The van der Waals surface area contributed by atoms with E-state index < -0.39 is 33.1 Å². The third kappa shape index (κ3) is 4.23. The lowest BCUT2D eigenvalue weighted by molar-refractivity contribution is -0.141. The smallest absolute Gasteiger partial charge is 0.266 e. The van der Waals surface area contributed by atoms with Gasteiger partial charge in [0, 0.05) is 17.9 Å². The van der Waals surface area contributed by atoms with Gasteiger partial charge in [-0.05, 0) is 57.4 Å². The summed E-state index contributed by atoms with van der Waals surface area (Å²) < 4.78 is 77.8. The van der Waals surface area contributed by atoms with Gasteiger partial charge in [-0.2, -0.15) is 18.3 Å². The molecule has 0 amide bonds. The van der Waals surface area contributed by atoms with Crippen molar-refractivity contribution < 1.29 is 26.0 Å². The van der Waals surface area contributed by atoms with Gasteiger partial charge in [0.2, 0.25) is 0 Å². The minimum Gasteiger partial charge on any atom is -0.266 e. The summed E-state index contributed by atoms with van der Waals surface area (Å²) in [7, 11) is -3.14. The fraction of sp³-hybridized carbons (Fsp3) is 0.824. The van der Waals surface area contributed by atoms with Crippen molar-refractivity contribution in [3.63, 3.8) is 0 Å². The summed E-state index contributed by atoms with van der Waals surface area (Å²) in [6.45, 7) is 0. The van der Waals surface area contributed by atoms with Crippen LogP contribution in [0, 0.1) is 0 Å². The Hall–Kier alpha value is -1.12. The summed E-state index contributed by atoms with van der Waals surface area (Å²) in [4.78, 5) is 0. The predicted octanol–water partition coefficient (Wildman–Crippen LogP) is 4.43. The third-order valence-corrected chi connectivity index (χ3v) is 7.41. The number of sulfone groups is 1. The Balaban J connectivity index is 1.85. The van der Waals surface area contributed by atoms with Gasteiger partial charge in [0.15, 0.2) is 5.69 Å². The van der Waals surface area contributed by atoms with Crippen molar-refractivity contribution in [1.82, 2.24) is 9.78 Å². The lowest BCUT2D eigenvalue weighted by Crippen LogP contribution is -2.29. The summed E-state index contributed by atoms with van der Waals surface area (Å²) in [6, 6.07) is 0.869. The van der Waals surface area contributed by atoms with Crippen LogP contribution in [-0.4, -0.2) is 35.9 Å². The molecule has 0 aliphatic heterocycles. The Labute approximate surface area is 150 Å². The van der Waals surface area contributed by atoms with Crippen LogP contribution in [-0.2, 0) is 16.0 Å². The van der Waals surface area contributed by atoms with Gasteiger partial charge >= 0.3 is 6.18 Å². The second kappa shape index (κ2) is 7.13. The molecule has 0 unspecified atom stereocenters. The van der Waals surface area contributed by atoms with Crippen LogP contribution in [0.2, 0.25) is 0 Å². The van der Waals surface area contributed by atoms with Crippen LogP contribution in [0.5, 0.6) is 0 Å². The van der Waals surface area contributed by atoms with Gasteiger partial charge in [-0.3, -0.25) is 4.68 Å². The zero-order valence-corrected chi connectivity index (χ0v) is 15.5. The minimum absolute atomic E-state index is 0.127. The van der Waals surface area contributed by atoms with Gasteiger partial charge in [0.25, 0.3) is 0 Å². The molecule has 2 saturated carbocycles. The SMILES string of the molecule is CS(=O)(=O)C1CCC(n2nc(C(F)(F)F)cc2C2CCC(F)CC2)CC1. The monoisotopic (exact) mass is 396 g/mol. The summed E-state index contributed by atoms with van der Waals surface area (Å²) in [5.74, 6) is -0.127. The first-order chi connectivity index (χ1) is 12.1. The zero-order valence-electron chi connectivity index (χ0n) is 14.7. The highest BCUT2D eigenvalue weighted by Crippen LogP contribution is 2.40. The fourth-order valence-electron chi connectivity index (χ4n) is 4.21. The van der Waals surface area contributed by atoms with Gasteiger partial charge in [-0.25, -0.2) is 12.8 Å². The predicted molar refractivity (Wildman–Crippen MR) is 89.5 cm³/mol. The number of aromatic nitrogens is 2. The number of rotatable bonds is 3. The second-order valence-corrected chi connectivity index (χ2v) is 9.93. The summed E-state index contributed by atoms with van der Waals surface area (Å²) >= 11 is 0. The second-order valence-electron chi connectivity index (χ2n) is 7.61. The highest BCUT2D eigenvalue weighted by molar-refractivity contribution is 7.91. The van der Waals surface area contributed by atoms with Crippen molar-refractivity contribution in [3.05, 3.63) is 17.5 Å². The molecule has 0 radical (unpaired) electrons. The number of hydrogen-bond acceptors (Lipinski definition) is 3. The third-order valence-electron chi connectivity index (χ3n) is 5.73. The molecule has 0 aromatic carbocycles. The molecule has 0 atom stereocenters. The molecule has 0 saturated heterocycles. The van der Waals surface area contributed by atoms with Crippen LogP contribution in [0.25, 0.3) is 0 Å². The standard InChI is InChI=1S/C17H24F4N2O2S/c1-26(24,25)14-8-6-13(7-9-14)23-15(10-16(22-23)17(19,20)21)11-2-4-12(18)5-3-11/h10-14H,2-9H2,1H3. The molecule has 0 N–H and O–H groups in total. The molecule has 2 aliphatic rings. The van der Waals surface area contributed by atoms with Gasteiger partial charge in [0.1, 0.15) is 16.0 Å². The van der Waals surface area contributed by atoms with E-state index in [9.17, 15) is 26.0 Å². The average molecular weight is 396 g/mol. The Morgan fingerprint density at radius 2 is 1.62 bits per heavy atom. The first-order valence-corrected chi connectivity index (χ1v) is 11.0. The van der Waals surface area contributed by atoms with Crippen LogP contribution in [0.1, 0.15) is 74.7 Å². The van der Waals surface area contributed by atoms with E-state index in [0.717, 1.165) is 6.07 Å². The highest BCUT2D eigenvalue weighted by atomic mass is 32.2. The molecule has 148 valence electrons. The summed E-state index contributed by atoms with van der Waals surface area (Å²) in [6.07, 6.45) is -0.611. The Morgan fingerprint density at radius 3 is 2.12 bits per heavy atom. The first-order valence-electron chi connectivity index (χ1n) is 9.05. The molecule has 2 aliphatic carbocycles. The largest absolute Gasteiger partial charge is 0.435 e. The van der Waals surface area contributed by atoms with Crippen LogP contribution in [0.3, 0.4) is 0 Å². The summed E-state index contributed by atoms with van der Waals surface area (Å²) in [5.41, 5.74) is -0.396. The van der Waals surface area contributed by atoms with Crippen molar-refractivity contribution in [3.8, 4) is 0 Å². The van der Waals surface area contributed by atoms with E-state index in [1.165, 1.54) is 10.9 Å². The zero-order chi connectivity index (χ0) is 19.1. The van der Waals surface area contributed by atoms with Gasteiger partial charge in [0.05, 0.1) is 11.3 Å². The van der Waals surface area contributed by atoms with Crippen molar-refractivity contribution in [1.29, 1.82) is 0 Å². The Morgan fingerprint density at radius 1 is 1.04 bits per heavy atom. The topological polar surface area (TPSA) is 52.0 Å². The Bertz CT molecular complexity index is 728. The van der Waals surface area contributed by atoms with Gasteiger partial charge in [-0.1, -0.05) is 0 Å². The number of hydrogen-bond donors (Lipinski definition) is 0. The fourth-order valence-corrected chi connectivity index (χ4v) is 5.34. The molecule has 2 fully saturated rings. The minimum atomic E-state index is -4.53. The van der Waals surface area contributed by atoms with Crippen LogP contribution in [0.15, 0.2) is 6.07 Å². The molecule has 3 rings (SSSR count). The van der Waals surface area contributed by atoms with Crippen LogP contribution in [0.4, 0.5) is 17.6 Å². The first kappa shape index (κ1) is 19.6. The maximum Gasteiger partial charge on any atom is 0.435 e. The number of nitrogens with zero attached hydrogens (tertiary/aromatic N) is 2. The maximum atomic E-state index is 13.4. The van der Waals surface area contributed by atoms with E-state index in [-0.39, 0.29) is 12.0 Å². The normalized spacial score (nSPS) is 31.1. The molecule has 0 bridgehead atoms. The average Bonchev–Trinajstić information content (AvgIpc) is 3.00. The van der Waals surface area contributed by atoms with E-state index in [1.54, 1.807) is 0 Å². The van der Waals surface area contributed by atoms with E-state index in [0.29, 0.717) is 57.1 Å². The molecular weight excluding hydrogens is 372 g/mol. The van der Waals surface area contributed by atoms with E-state index in [4.69, 9.17) is 0 Å².